The lowest BCUT2D eigenvalue weighted by atomic mass is 10.1. The minimum atomic E-state index is 0.00289. The Morgan fingerprint density at radius 3 is 2.67 bits per heavy atom. The Morgan fingerprint density at radius 1 is 1.07 bits per heavy atom. The van der Waals surface area contributed by atoms with Gasteiger partial charge in [-0.15, -0.1) is 0 Å². The number of benzene rings is 2. The molecule has 0 aliphatic carbocycles. The van der Waals surface area contributed by atoms with Gasteiger partial charge in [-0.1, -0.05) is 42.5 Å². The Morgan fingerprint density at radius 2 is 1.89 bits per heavy atom. The molecule has 136 valence electrons. The first-order valence-corrected chi connectivity index (χ1v) is 8.99. The van der Waals surface area contributed by atoms with Gasteiger partial charge in [-0.05, 0) is 29.8 Å². The molecule has 2 heterocycles. The Hall–Kier alpha value is -3.34. The second kappa shape index (κ2) is 7.11. The maximum Gasteiger partial charge on any atom is 0.253 e. The summed E-state index contributed by atoms with van der Waals surface area (Å²) in [6, 6.07) is 22.1. The molecule has 1 aliphatic rings. The van der Waals surface area contributed by atoms with Gasteiger partial charge in [-0.3, -0.25) is 19.9 Å². The molecule has 0 saturated carbocycles. The van der Waals surface area contributed by atoms with E-state index in [0.29, 0.717) is 12.1 Å². The number of amidine groups is 1. The molecule has 0 atom stereocenters. The molecule has 5 heteroatoms. The van der Waals surface area contributed by atoms with Crippen LogP contribution in [0.1, 0.15) is 21.6 Å². The van der Waals surface area contributed by atoms with Crippen LogP contribution in [0.15, 0.2) is 71.7 Å². The van der Waals surface area contributed by atoms with Gasteiger partial charge in [0, 0.05) is 37.3 Å². The zero-order chi connectivity index (χ0) is 18.8. The van der Waals surface area contributed by atoms with Gasteiger partial charge in [0.2, 0.25) is 0 Å². The highest BCUT2D eigenvalue weighted by Gasteiger charge is 2.20. The smallest absolute Gasteiger partial charge is 0.253 e. The van der Waals surface area contributed by atoms with E-state index >= 15 is 0 Å². The lowest BCUT2D eigenvalue weighted by molar-refractivity contribution is 0.0827. The van der Waals surface area contributed by atoms with Gasteiger partial charge in [0.25, 0.3) is 5.91 Å². The molecule has 1 N–H and O–H groups in total. The van der Waals surface area contributed by atoms with Gasteiger partial charge in [-0.2, -0.15) is 0 Å². The van der Waals surface area contributed by atoms with Gasteiger partial charge in [0.15, 0.2) is 0 Å². The van der Waals surface area contributed by atoms with E-state index in [4.69, 9.17) is 4.99 Å². The number of aromatic nitrogens is 1. The van der Waals surface area contributed by atoms with Crippen LogP contribution < -0.4 is 5.43 Å². The molecule has 0 unspecified atom stereocenters. The Labute approximate surface area is 158 Å². The summed E-state index contributed by atoms with van der Waals surface area (Å²) in [4.78, 5) is 18.6. The van der Waals surface area contributed by atoms with Crippen LogP contribution in [0, 0.1) is 0 Å². The maximum absolute atomic E-state index is 12.3. The van der Waals surface area contributed by atoms with Crippen molar-refractivity contribution in [3.63, 3.8) is 0 Å². The van der Waals surface area contributed by atoms with E-state index in [-0.39, 0.29) is 5.91 Å². The highest BCUT2D eigenvalue weighted by molar-refractivity contribution is 5.96. The molecule has 27 heavy (non-hydrogen) atoms. The van der Waals surface area contributed by atoms with Crippen molar-refractivity contribution in [3.8, 4) is 11.3 Å². The first kappa shape index (κ1) is 17.1. The summed E-state index contributed by atoms with van der Waals surface area (Å²) in [6.45, 7) is 0.663. The lowest BCUT2D eigenvalue weighted by Crippen LogP contribution is -2.21. The Kier molecular flexibility index (Phi) is 4.50. The minimum absolute atomic E-state index is 0.00289. The quantitative estimate of drug-likeness (QED) is 0.775. The van der Waals surface area contributed by atoms with Crippen LogP contribution >= 0.6 is 0 Å². The molecule has 5 nitrogen and oxygen atoms in total. The molecule has 0 spiro atoms. The molecule has 2 aromatic carbocycles. The largest absolute Gasteiger partial charge is 0.345 e. The van der Waals surface area contributed by atoms with Crippen LogP contribution in [0.5, 0.6) is 0 Å². The zero-order valence-corrected chi connectivity index (χ0v) is 15.5. The second-order valence-corrected chi connectivity index (χ2v) is 6.86. The van der Waals surface area contributed by atoms with Gasteiger partial charge in [0.05, 0.1) is 12.2 Å². The third-order valence-corrected chi connectivity index (χ3v) is 4.66. The summed E-state index contributed by atoms with van der Waals surface area (Å²) in [5.41, 5.74) is 8.48. The normalized spacial score (nSPS) is 14.1. The van der Waals surface area contributed by atoms with E-state index < -0.39 is 0 Å². The summed E-state index contributed by atoms with van der Waals surface area (Å²) in [5.74, 6) is 0.958. The fourth-order valence-corrected chi connectivity index (χ4v) is 3.25. The predicted octanol–water partition coefficient (Wildman–Crippen LogP) is 3.56. The highest BCUT2D eigenvalue weighted by atomic mass is 16.2. The Bertz CT molecular complexity index is 1000. The number of nitrogens with one attached hydrogen (secondary N) is 1. The van der Waals surface area contributed by atoms with Gasteiger partial charge in [0.1, 0.15) is 5.84 Å². The molecule has 0 radical (unpaired) electrons. The molecule has 4 rings (SSSR count). The molecule has 0 saturated heterocycles. The van der Waals surface area contributed by atoms with E-state index in [2.05, 4.69) is 34.4 Å². The van der Waals surface area contributed by atoms with E-state index in [0.717, 1.165) is 23.5 Å². The molecule has 0 bridgehead atoms. The molecule has 3 aromatic rings. The number of nitrogens with zero attached hydrogens (tertiary/aromatic N) is 3. The van der Waals surface area contributed by atoms with E-state index in [1.165, 1.54) is 11.3 Å². The number of amides is 1. The fourth-order valence-electron chi connectivity index (χ4n) is 3.25. The third-order valence-electron chi connectivity index (χ3n) is 4.66. The van der Waals surface area contributed by atoms with Crippen molar-refractivity contribution in [1.82, 2.24) is 9.58 Å². The zero-order valence-electron chi connectivity index (χ0n) is 15.5. The molecular formula is C22H22N4O. The van der Waals surface area contributed by atoms with Crippen LogP contribution in [-0.2, 0) is 13.0 Å². The number of carbonyl (C=O) groups excluding carboxylic acids is 1. The van der Waals surface area contributed by atoms with Crippen LogP contribution in [0.3, 0.4) is 0 Å². The predicted molar refractivity (Wildman–Crippen MR) is 109 cm³/mol. The van der Waals surface area contributed by atoms with Crippen LogP contribution in [-0.4, -0.2) is 35.4 Å². The molecule has 1 aliphatic heterocycles. The topological polar surface area (TPSA) is 49.6 Å². The third kappa shape index (κ3) is 3.49. The maximum atomic E-state index is 12.3. The summed E-state index contributed by atoms with van der Waals surface area (Å²) in [7, 11) is 3.53. The van der Waals surface area contributed by atoms with Crippen molar-refractivity contribution < 1.29 is 4.79 Å². The molecule has 1 aromatic heterocycles. The van der Waals surface area contributed by atoms with Crippen LogP contribution in [0.25, 0.3) is 11.3 Å². The van der Waals surface area contributed by atoms with Crippen molar-refractivity contribution in [1.29, 1.82) is 0 Å². The number of rotatable bonds is 4. The number of aliphatic imine (C=N–C) groups is 1. The summed E-state index contributed by atoms with van der Waals surface area (Å²) < 4.78 is 2.06. The minimum Gasteiger partial charge on any atom is -0.345 e. The fraction of sp³-hybridized carbons (Fsp3) is 0.182. The van der Waals surface area contributed by atoms with E-state index in [1.807, 2.05) is 42.5 Å². The summed E-state index contributed by atoms with van der Waals surface area (Å²) in [5, 5.41) is 0. The Balaban J connectivity index is 1.56. The summed E-state index contributed by atoms with van der Waals surface area (Å²) >= 11 is 0. The second-order valence-electron chi connectivity index (χ2n) is 6.86. The standard InChI is InChI=1S/C22H22N4O/c1-25(2)22(27)18-10-6-9-17(13-18)20-12-11-19-14-21(24-26(19)20)23-15-16-7-4-3-5-8-16/h3-13H,14-15H2,1-2H3,(H,23,24). The summed E-state index contributed by atoms with van der Waals surface area (Å²) in [6.07, 6.45) is 0.781. The number of hydrogen-bond donors (Lipinski definition) is 1. The van der Waals surface area contributed by atoms with Crippen molar-refractivity contribution in [2.45, 2.75) is 13.0 Å². The molecule has 0 fully saturated rings. The SMILES string of the molecule is CN(C)C(=O)c1cccc(-c2ccc3n2NC(=NCc2ccccc2)C3)c1. The van der Waals surface area contributed by atoms with Crippen molar-refractivity contribution in [2.75, 3.05) is 19.5 Å². The van der Waals surface area contributed by atoms with Crippen molar-refractivity contribution in [2.24, 2.45) is 4.99 Å². The number of hydrogen-bond acceptors (Lipinski definition) is 2. The van der Waals surface area contributed by atoms with E-state index in [1.54, 1.807) is 19.0 Å². The van der Waals surface area contributed by atoms with Crippen LogP contribution in [0.4, 0.5) is 0 Å². The van der Waals surface area contributed by atoms with Crippen molar-refractivity contribution in [3.05, 3.63) is 83.6 Å². The monoisotopic (exact) mass is 358 g/mol. The van der Waals surface area contributed by atoms with Gasteiger partial charge < -0.3 is 4.90 Å². The van der Waals surface area contributed by atoms with Crippen LogP contribution in [0.2, 0.25) is 0 Å². The first-order chi connectivity index (χ1) is 13.1. The first-order valence-electron chi connectivity index (χ1n) is 8.99. The molecule has 1 amide bonds. The highest BCUT2D eigenvalue weighted by Crippen LogP contribution is 2.26. The average Bonchev–Trinajstić information content (AvgIpc) is 3.27. The lowest BCUT2D eigenvalue weighted by Gasteiger charge is -2.12. The molecular weight excluding hydrogens is 336 g/mol. The van der Waals surface area contributed by atoms with Gasteiger partial charge >= 0.3 is 0 Å². The number of fused-ring (bicyclic) bond motifs is 1. The van der Waals surface area contributed by atoms with Gasteiger partial charge in [-0.25, -0.2) is 0 Å². The number of carbonyl (C=O) groups is 1. The van der Waals surface area contributed by atoms with Crippen molar-refractivity contribution >= 4 is 11.7 Å². The average molecular weight is 358 g/mol. The van der Waals surface area contributed by atoms with E-state index in [9.17, 15) is 4.79 Å².